The van der Waals surface area contributed by atoms with Crippen LogP contribution in [0.3, 0.4) is 0 Å². The van der Waals surface area contributed by atoms with Gasteiger partial charge < -0.3 is 21.2 Å². The molecule has 0 aromatic carbocycles. The Morgan fingerprint density at radius 2 is 2.06 bits per heavy atom. The highest BCUT2D eigenvalue weighted by atomic mass is 32.1. The number of aryl methyl sites for hydroxylation is 1. The predicted molar refractivity (Wildman–Crippen MR) is 119 cm³/mol. The van der Waals surface area contributed by atoms with Gasteiger partial charge in [-0.2, -0.15) is 4.68 Å². The van der Waals surface area contributed by atoms with Gasteiger partial charge in [0.1, 0.15) is 21.9 Å². The number of hydrogen-bond donors (Lipinski definition) is 2. The van der Waals surface area contributed by atoms with E-state index in [0.717, 1.165) is 27.0 Å². The molecular weight excluding hydrogens is 478 g/mol. The largest absolute Gasteiger partial charge is 0.389 e. The molecule has 4 aromatic heterocycles. The standard InChI is InChI=1S/C19H14F2N6O4S2/c1-8-2-3-11(32-8)9-6-10(17(20)21)23-19-14(9)15(16(33-19)18(22)29)24-13(28)7-26-5-4-12(25-26)27(30)31/h2-6,17H,7H2,1H3,(H2,22,29)(H,24,28). The minimum absolute atomic E-state index is 0.0449. The molecule has 2 amide bonds. The van der Waals surface area contributed by atoms with Crippen LogP contribution < -0.4 is 11.1 Å². The van der Waals surface area contributed by atoms with Crippen molar-refractivity contribution >= 4 is 56.2 Å². The molecule has 0 bridgehead atoms. The average Bonchev–Trinajstić information content (AvgIpc) is 3.46. The second-order valence-electron chi connectivity index (χ2n) is 6.83. The molecule has 0 aliphatic carbocycles. The van der Waals surface area contributed by atoms with Gasteiger partial charge >= 0.3 is 5.82 Å². The summed E-state index contributed by atoms with van der Waals surface area (Å²) in [7, 11) is 0. The first-order valence-electron chi connectivity index (χ1n) is 9.24. The SMILES string of the molecule is Cc1ccc(-c2cc(C(F)F)nc3sc(C(N)=O)c(NC(=O)Cn4ccc([N+](=O)[O-])n4)c23)s1. The number of nitrogens with two attached hydrogens (primary N) is 1. The number of carbonyl (C=O) groups is 2. The lowest BCUT2D eigenvalue weighted by atomic mass is 10.1. The van der Waals surface area contributed by atoms with Crippen molar-refractivity contribution in [2.45, 2.75) is 19.9 Å². The van der Waals surface area contributed by atoms with Crippen LogP contribution in [-0.4, -0.2) is 31.5 Å². The maximum atomic E-state index is 13.5. The Hall–Kier alpha value is -3.78. The van der Waals surface area contributed by atoms with E-state index in [1.54, 1.807) is 6.07 Å². The van der Waals surface area contributed by atoms with Gasteiger partial charge in [0.25, 0.3) is 12.3 Å². The second-order valence-corrected chi connectivity index (χ2v) is 9.12. The van der Waals surface area contributed by atoms with Gasteiger partial charge in [-0.05, 0) is 30.0 Å². The third-order valence-electron chi connectivity index (χ3n) is 4.52. The van der Waals surface area contributed by atoms with Crippen molar-refractivity contribution in [3.8, 4) is 10.4 Å². The van der Waals surface area contributed by atoms with Crippen molar-refractivity contribution in [1.82, 2.24) is 14.8 Å². The molecule has 0 fully saturated rings. The molecule has 0 spiro atoms. The van der Waals surface area contributed by atoms with Gasteiger partial charge in [0, 0.05) is 20.7 Å². The molecule has 0 saturated heterocycles. The number of carbonyl (C=O) groups excluding carboxylic acids is 2. The van der Waals surface area contributed by atoms with Crippen LogP contribution in [0.5, 0.6) is 0 Å². The molecule has 0 aliphatic heterocycles. The monoisotopic (exact) mass is 492 g/mol. The maximum absolute atomic E-state index is 13.5. The van der Waals surface area contributed by atoms with E-state index in [4.69, 9.17) is 5.73 Å². The van der Waals surface area contributed by atoms with Crippen LogP contribution in [0, 0.1) is 17.0 Å². The molecule has 0 aliphatic rings. The summed E-state index contributed by atoms with van der Waals surface area (Å²) in [5.74, 6) is -1.95. The number of amides is 2. The summed E-state index contributed by atoms with van der Waals surface area (Å²) in [6.45, 7) is 1.47. The van der Waals surface area contributed by atoms with E-state index >= 15 is 0 Å². The quantitative estimate of drug-likeness (QED) is 0.293. The lowest BCUT2D eigenvalue weighted by Crippen LogP contribution is -2.21. The van der Waals surface area contributed by atoms with E-state index in [-0.39, 0.29) is 21.9 Å². The lowest BCUT2D eigenvalue weighted by molar-refractivity contribution is -0.389. The molecule has 170 valence electrons. The first-order chi connectivity index (χ1) is 15.6. The highest BCUT2D eigenvalue weighted by molar-refractivity contribution is 7.21. The first-order valence-corrected chi connectivity index (χ1v) is 10.9. The maximum Gasteiger partial charge on any atom is 0.389 e. The zero-order valence-corrected chi connectivity index (χ0v) is 18.4. The first kappa shape index (κ1) is 22.4. The summed E-state index contributed by atoms with van der Waals surface area (Å²) < 4.78 is 28.1. The number of nitro groups is 1. The molecule has 4 aromatic rings. The van der Waals surface area contributed by atoms with Crippen LogP contribution in [0.1, 0.15) is 26.7 Å². The Morgan fingerprint density at radius 3 is 2.64 bits per heavy atom. The molecule has 4 heterocycles. The van der Waals surface area contributed by atoms with E-state index in [9.17, 15) is 28.5 Å². The summed E-state index contributed by atoms with van der Waals surface area (Å²) in [5.41, 5.74) is 5.44. The smallest absolute Gasteiger partial charge is 0.365 e. The highest BCUT2D eigenvalue weighted by Gasteiger charge is 2.26. The summed E-state index contributed by atoms with van der Waals surface area (Å²) in [6, 6.07) is 5.93. The number of anilines is 1. The summed E-state index contributed by atoms with van der Waals surface area (Å²) in [4.78, 5) is 40.5. The number of pyridine rings is 1. The molecule has 0 radical (unpaired) electrons. The zero-order chi connectivity index (χ0) is 23.9. The van der Waals surface area contributed by atoms with Gasteiger partial charge in [0.05, 0.1) is 23.0 Å². The second kappa shape index (κ2) is 8.63. The number of halogens is 2. The number of hydrogen-bond acceptors (Lipinski definition) is 8. The summed E-state index contributed by atoms with van der Waals surface area (Å²) in [6.07, 6.45) is -1.59. The van der Waals surface area contributed by atoms with Crippen molar-refractivity contribution < 1.29 is 23.3 Å². The van der Waals surface area contributed by atoms with Crippen LogP contribution in [0.4, 0.5) is 20.3 Å². The molecule has 4 rings (SSSR count). The molecule has 0 atom stereocenters. The Balaban J connectivity index is 1.81. The number of alkyl halides is 2. The molecule has 33 heavy (non-hydrogen) atoms. The van der Waals surface area contributed by atoms with Crippen LogP contribution in [-0.2, 0) is 11.3 Å². The minimum atomic E-state index is -2.85. The topological polar surface area (TPSA) is 146 Å². The highest BCUT2D eigenvalue weighted by Crippen LogP contribution is 2.44. The van der Waals surface area contributed by atoms with Gasteiger partial charge in [-0.25, -0.2) is 13.8 Å². The summed E-state index contributed by atoms with van der Waals surface area (Å²) >= 11 is 2.15. The molecule has 0 saturated carbocycles. The van der Waals surface area contributed by atoms with E-state index in [1.807, 2.05) is 13.0 Å². The average molecular weight is 492 g/mol. The number of nitrogens with one attached hydrogen (secondary N) is 1. The number of thiophene rings is 2. The van der Waals surface area contributed by atoms with E-state index < -0.39 is 34.7 Å². The number of aromatic nitrogens is 3. The molecule has 0 unspecified atom stereocenters. The van der Waals surface area contributed by atoms with Crippen LogP contribution in [0.2, 0.25) is 0 Å². The van der Waals surface area contributed by atoms with Gasteiger partial charge in [-0.15, -0.1) is 22.7 Å². The Morgan fingerprint density at radius 1 is 1.30 bits per heavy atom. The number of primary amides is 1. The molecule has 10 nitrogen and oxygen atoms in total. The minimum Gasteiger partial charge on any atom is -0.365 e. The molecular formula is C19H14F2N6O4S2. The van der Waals surface area contributed by atoms with Gasteiger partial charge in [-0.3, -0.25) is 9.59 Å². The predicted octanol–water partition coefficient (Wildman–Crippen LogP) is 4.11. The number of nitrogens with zero attached hydrogens (tertiary/aromatic N) is 4. The van der Waals surface area contributed by atoms with Gasteiger partial charge in [-0.1, -0.05) is 0 Å². The van der Waals surface area contributed by atoms with Crippen molar-refractivity contribution in [3.63, 3.8) is 0 Å². The third-order valence-corrected chi connectivity index (χ3v) is 6.65. The Bertz CT molecular complexity index is 1410. The molecule has 3 N–H and O–H groups in total. The van der Waals surface area contributed by atoms with Crippen molar-refractivity contribution in [3.05, 3.63) is 56.0 Å². The Labute approximate surface area is 191 Å². The van der Waals surface area contributed by atoms with Crippen molar-refractivity contribution in [1.29, 1.82) is 0 Å². The van der Waals surface area contributed by atoms with Crippen molar-refractivity contribution in [2.75, 3.05) is 5.32 Å². The van der Waals surface area contributed by atoms with Gasteiger partial charge in [0.2, 0.25) is 5.91 Å². The van der Waals surface area contributed by atoms with E-state index in [1.165, 1.54) is 23.6 Å². The third kappa shape index (κ3) is 4.42. The van der Waals surface area contributed by atoms with Crippen molar-refractivity contribution in [2.24, 2.45) is 5.73 Å². The zero-order valence-electron chi connectivity index (χ0n) is 16.7. The Kier molecular flexibility index (Phi) is 5.86. The lowest BCUT2D eigenvalue weighted by Gasteiger charge is -2.09. The van der Waals surface area contributed by atoms with Crippen LogP contribution in [0.25, 0.3) is 20.7 Å². The van der Waals surface area contributed by atoms with Crippen LogP contribution in [0.15, 0.2) is 30.5 Å². The van der Waals surface area contributed by atoms with E-state index in [0.29, 0.717) is 15.8 Å². The fourth-order valence-corrected chi connectivity index (χ4v) is 5.06. The molecule has 14 heteroatoms. The normalized spacial score (nSPS) is 11.3. The summed E-state index contributed by atoms with van der Waals surface area (Å²) in [5, 5.41) is 17.4. The fourth-order valence-electron chi connectivity index (χ4n) is 3.16. The van der Waals surface area contributed by atoms with Crippen LogP contribution >= 0.6 is 22.7 Å². The number of fused-ring (bicyclic) bond motifs is 1. The van der Waals surface area contributed by atoms with Gasteiger partial charge in [0.15, 0.2) is 0 Å². The van der Waals surface area contributed by atoms with E-state index in [2.05, 4.69) is 15.4 Å². The number of rotatable bonds is 7. The fraction of sp³-hybridized carbons (Fsp3) is 0.158.